The minimum absolute atomic E-state index is 0.0942. The largest absolute Gasteiger partial charge is 0.397 e. The molecule has 0 saturated carbocycles. The molecular weight excluding hydrogens is 195 g/mol. The molecule has 74 valence electrons. The first-order chi connectivity index (χ1) is 6.57. The molecule has 0 aromatic carbocycles. The van der Waals surface area contributed by atoms with Gasteiger partial charge in [0, 0.05) is 5.56 Å². The van der Waals surface area contributed by atoms with E-state index in [1.807, 2.05) is 0 Å². The third kappa shape index (κ3) is 1.76. The van der Waals surface area contributed by atoms with Crippen LogP contribution in [-0.2, 0) is 6.42 Å². The van der Waals surface area contributed by atoms with Gasteiger partial charge in [0.15, 0.2) is 0 Å². The number of rotatable bonds is 2. The lowest BCUT2D eigenvalue weighted by Gasteiger charge is -2.08. The number of anilines is 1. The second-order valence-corrected chi connectivity index (χ2v) is 2.53. The first kappa shape index (κ1) is 10.3. The van der Waals surface area contributed by atoms with E-state index in [4.69, 9.17) is 11.0 Å². The van der Waals surface area contributed by atoms with Gasteiger partial charge in [-0.25, -0.2) is 13.8 Å². The van der Waals surface area contributed by atoms with E-state index >= 15 is 0 Å². The molecule has 1 aromatic rings. The highest BCUT2D eigenvalue weighted by atomic mass is 19.3. The minimum Gasteiger partial charge on any atom is -0.397 e. The van der Waals surface area contributed by atoms with E-state index in [1.54, 1.807) is 6.07 Å². The van der Waals surface area contributed by atoms with Crippen LogP contribution in [0.2, 0.25) is 0 Å². The Bertz CT molecular complexity index is 384. The van der Waals surface area contributed by atoms with Crippen molar-refractivity contribution in [2.24, 2.45) is 0 Å². The molecule has 0 atom stereocenters. The first-order valence-electron chi connectivity index (χ1n) is 3.65. The maximum atomic E-state index is 12.8. The van der Waals surface area contributed by atoms with Crippen LogP contribution in [-0.4, -0.2) is 4.98 Å². The number of alkyl halides is 2. The van der Waals surface area contributed by atoms with Crippen LogP contribution < -0.4 is 5.73 Å². The lowest BCUT2D eigenvalue weighted by molar-refractivity contribution is 0.144. The van der Waals surface area contributed by atoms with Crippen LogP contribution in [0.5, 0.6) is 0 Å². The molecule has 0 fully saturated rings. The van der Waals surface area contributed by atoms with Crippen molar-refractivity contribution >= 4 is 5.69 Å². The second-order valence-electron chi connectivity index (χ2n) is 2.53. The molecule has 0 amide bonds. The number of nitrogens with two attached hydrogens (primary N) is 1. The van der Waals surface area contributed by atoms with E-state index in [-0.39, 0.29) is 17.7 Å². The van der Waals surface area contributed by atoms with Gasteiger partial charge in [0.2, 0.25) is 5.95 Å². The quantitative estimate of drug-likeness (QED) is 0.742. The highest BCUT2D eigenvalue weighted by molar-refractivity contribution is 5.50. The molecule has 0 spiro atoms. The fourth-order valence-corrected chi connectivity index (χ4v) is 1.05. The Morgan fingerprint density at radius 3 is 2.71 bits per heavy atom. The zero-order valence-electron chi connectivity index (χ0n) is 6.97. The minimum atomic E-state index is -3.02. The van der Waals surface area contributed by atoms with E-state index in [9.17, 15) is 13.2 Å². The van der Waals surface area contributed by atoms with Gasteiger partial charge in [-0.3, -0.25) is 0 Å². The molecule has 3 nitrogen and oxygen atoms in total. The van der Waals surface area contributed by atoms with Crippen LogP contribution in [0.15, 0.2) is 6.20 Å². The summed E-state index contributed by atoms with van der Waals surface area (Å²) in [5, 5.41) is 8.35. The van der Waals surface area contributed by atoms with E-state index in [0.717, 1.165) is 6.20 Å². The van der Waals surface area contributed by atoms with E-state index in [1.165, 1.54) is 0 Å². The van der Waals surface area contributed by atoms with Crippen LogP contribution in [0.4, 0.5) is 18.9 Å². The Balaban J connectivity index is 3.35. The highest BCUT2D eigenvalue weighted by Gasteiger charge is 2.21. The molecule has 6 heteroatoms. The fraction of sp³-hybridized carbons (Fsp3) is 0.250. The number of nitrogen functional groups attached to an aromatic ring is 1. The smallest absolute Gasteiger partial charge is 0.268 e. The molecule has 0 aliphatic carbocycles. The van der Waals surface area contributed by atoms with Crippen LogP contribution in [0.25, 0.3) is 0 Å². The predicted octanol–water partition coefficient (Wildman–Crippen LogP) is 1.81. The number of halogens is 3. The van der Waals surface area contributed by atoms with Gasteiger partial charge in [-0.1, -0.05) is 0 Å². The molecule has 0 saturated heterocycles. The monoisotopic (exact) mass is 201 g/mol. The normalized spacial score (nSPS) is 10.2. The molecular formula is C8H6F3N3. The molecule has 0 aliphatic heterocycles. The summed E-state index contributed by atoms with van der Waals surface area (Å²) in [6, 6.07) is 1.64. The summed E-state index contributed by atoms with van der Waals surface area (Å²) in [4.78, 5) is 3.06. The Hall–Kier alpha value is -1.77. The summed E-state index contributed by atoms with van der Waals surface area (Å²) in [7, 11) is 0. The van der Waals surface area contributed by atoms with Gasteiger partial charge in [0.05, 0.1) is 29.9 Å². The molecule has 14 heavy (non-hydrogen) atoms. The van der Waals surface area contributed by atoms with Crippen molar-refractivity contribution in [1.82, 2.24) is 4.98 Å². The van der Waals surface area contributed by atoms with Gasteiger partial charge in [0.25, 0.3) is 6.43 Å². The zero-order valence-corrected chi connectivity index (χ0v) is 6.97. The van der Waals surface area contributed by atoms with Crippen LogP contribution >= 0.6 is 0 Å². The molecule has 1 heterocycles. The maximum Gasteiger partial charge on any atom is 0.268 e. The molecule has 2 N–H and O–H groups in total. The molecule has 1 aromatic heterocycles. The average Bonchev–Trinajstić information content (AvgIpc) is 2.11. The molecule has 1 rings (SSSR count). The SMILES string of the molecule is N#CCc1c(N)cnc(F)c1C(F)F. The second kappa shape index (κ2) is 3.96. The average molecular weight is 201 g/mol. The van der Waals surface area contributed by atoms with Crippen molar-refractivity contribution in [2.45, 2.75) is 12.8 Å². The van der Waals surface area contributed by atoms with E-state index < -0.39 is 17.9 Å². The molecule has 0 radical (unpaired) electrons. The van der Waals surface area contributed by atoms with Crippen molar-refractivity contribution in [2.75, 3.05) is 5.73 Å². The first-order valence-corrected chi connectivity index (χ1v) is 3.65. The highest BCUT2D eigenvalue weighted by Crippen LogP contribution is 2.28. The summed E-state index contributed by atoms with van der Waals surface area (Å²) >= 11 is 0. The van der Waals surface area contributed by atoms with Crippen LogP contribution in [0, 0.1) is 17.3 Å². The van der Waals surface area contributed by atoms with E-state index in [0.29, 0.717) is 0 Å². The van der Waals surface area contributed by atoms with Gasteiger partial charge < -0.3 is 5.73 Å². The van der Waals surface area contributed by atoms with Crippen LogP contribution in [0.1, 0.15) is 17.6 Å². The molecule has 0 bridgehead atoms. The lowest BCUT2D eigenvalue weighted by atomic mass is 10.1. The summed E-state index contributed by atoms with van der Waals surface area (Å²) in [6.45, 7) is 0. The van der Waals surface area contributed by atoms with Crippen molar-refractivity contribution < 1.29 is 13.2 Å². The third-order valence-electron chi connectivity index (χ3n) is 1.69. The Kier molecular flexibility index (Phi) is 2.92. The van der Waals surface area contributed by atoms with Crippen molar-refractivity contribution in [1.29, 1.82) is 5.26 Å². The Morgan fingerprint density at radius 1 is 1.57 bits per heavy atom. The Labute approximate surface area is 78.0 Å². The topological polar surface area (TPSA) is 62.7 Å². The van der Waals surface area contributed by atoms with Crippen LogP contribution in [0.3, 0.4) is 0 Å². The number of nitriles is 1. The molecule has 0 unspecified atom stereocenters. The summed E-state index contributed by atoms with van der Waals surface area (Å²) < 4.78 is 37.5. The summed E-state index contributed by atoms with van der Waals surface area (Å²) in [5.41, 5.74) is 4.14. The van der Waals surface area contributed by atoms with Gasteiger partial charge >= 0.3 is 0 Å². The predicted molar refractivity (Wildman–Crippen MR) is 42.9 cm³/mol. The summed E-state index contributed by atoms with van der Waals surface area (Å²) in [5.74, 6) is -1.28. The summed E-state index contributed by atoms with van der Waals surface area (Å²) in [6.07, 6.45) is -2.45. The number of aromatic nitrogens is 1. The van der Waals surface area contributed by atoms with Gasteiger partial charge in [-0.05, 0) is 0 Å². The fourth-order valence-electron chi connectivity index (χ4n) is 1.05. The number of hydrogen-bond donors (Lipinski definition) is 1. The maximum absolute atomic E-state index is 12.8. The van der Waals surface area contributed by atoms with Gasteiger partial charge in [-0.2, -0.15) is 9.65 Å². The van der Waals surface area contributed by atoms with E-state index in [2.05, 4.69) is 4.98 Å². The Morgan fingerprint density at radius 2 is 2.21 bits per heavy atom. The molecule has 0 aliphatic rings. The van der Waals surface area contributed by atoms with Crippen molar-refractivity contribution in [3.63, 3.8) is 0 Å². The third-order valence-corrected chi connectivity index (χ3v) is 1.69. The van der Waals surface area contributed by atoms with Crippen molar-refractivity contribution in [3.8, 4) is 6.07 Å². The van der Waals surface area contributed by atoms with Crippen molar-refractivity contribution in [3.05, 3.63) is 23.3 Å². The lowest BCUT2D eigenvalue weighted by Crippen LogP contribution is -2.05. The van der Waals surface area contributed by atoms with Gasteiger partial charge in [0.1, 0.15) is 0 Å². The van der Waals surface area contributed by atoms with Gasteiger partial charge in [-0.15, -0.1) is 0 Å². The number of nitrogens with zero attached hydrogens (tertiary/aromatic N) is 2. The zero-order chi connectivity index (χ0) is 10.7. The number of hydrogen-bond acceptors (Lipinski definition) is 3. The standard InChI is InChI=1S/C8H6F3N3/c9-7(10)6-4(1-2-12)5(13)3-14-8(6)11/h3,7H,1,13H2. The number of pyridine rings is 1.